The van der Waals surface area contributed by atoms with Gasteiger partial charge >= 0.3 is 5.69 Å². The van der Waals surface area contributed by atoms with Crippen molar-refractivity contribution in [2.24, 2.45) is 0 Å². The number of carbonyl (C=O) groups is 1. The standard InChI is InChI=1S/C14H9ClN2O2/c15-10-4-1-8(2-5-10)13(18)9-3-6-11-12(7-9)17-14(19)16-11/h1-7H,(H2,16,17,19). The molecule has 0 aliphatic heterocycles. The predicted octanol–water partition coefficient (Wildman–Crippen LogP) is 2.74. The van der Waals surface area contributed by atoms with Crippen LogP contribution in [-0.2, 0) is 0 Å². The van der Waals surface area contributed by atoms with E-state index in [1.807, 2.05) is 0 Å². The van der Waals surface area contributed by atoms with E-state index in [1.54, 1.807) is 42.5 Å². The summed E-state index contributed by atoms with van der Waals surface area (Å²) in [6, 6.07) is 11.7. The molecule has 0 radical (unpaired) electrons. The molecule has 2 aromatic carbocycles. The molecule has 0 saturated heterocycles. The maximum absolute atomic E-state index is 12.3. The van der Waals surface area contributed by atoms with Crippen LogP contribution in [0, 0.1) is 0 Å². The van der Waals surface area contributed by atoms with Gasteiger partial charge in [-0.3, -0.25) is 4.79 Å². The van der Waals surface area contributed by atoms with Crippen molar-refractivity contribution in [3.8, 4) is 0 Å². The number of aromatic amines is 2. The molecule has 0 fully saturated rings. The van der Waals surface area contributed by atoms with Crippen molar-refractivity contribution < 1.29 is 4.79 Å². The number of benzene rings is 2. The van der Waals surface area contributed by atoms with Crippen LogP contribution < -0.4 is 5.69 Å². The lowest BCUT2D eigenvalue weighted by molar-refractivity contribution is 0.103. The lowest BCUT2D eigenvalue weighted by Crippen LogP contribution is -2.01. The molecule has 19 heavy (non-hydrogen) atoms. The average Bonchev–Trinajstić information content (AvgIpc) is 2.77. The van der Waals surface area contributed by atoms with Crippen LogP contribution in [0.25, 0.3) is 11.0 Å². The fourth-order valence-electron chi connectivity index (χ4n) is 1.94. The van der Waals surface area contributed by atoms with Gasteiger partial charge in [-0.15, -0.1) is 0 Å². The number of halogens is 1. The zero-order valence-corrected chi connectivity index (χ0v) is 10.5. The Morgan fingerprint density at radius 1 is 0.895 bits per heavy atom. The van der Waals surface area contributed by atoms with Gasteiger partial charge < -0.3 is 9.97 Å². The van der Waals surface area contributed by atoms with Gasteiger partial charge in [0.2, 0.25) is 0 Å². The summed E-state index contributed by atoms with van der Waals surface area (Å²) in [5, 5.41) is 0.585. The lowest BCUT2D eigenvalue weighted by atomic mass is 10.0. The van der Waals surface area contributed by atoms with Crippen molar-refractivity contribution in [2.45, 2.75) is 0 Å². The van der Waals surface area contributed by atoms with Gasteiger partial charge in [0.25, 0.3) is 0 Å². The molecule has 0 atom stereocenters. The van der Waals surface area contributed by atoms with Crippen molar-refractivity contribution >= 4 is 28.4 Å². The normalized spacial score (nSPS) is 10.8. The minimum atomic E-state index is -0.286. The fraction of sp³-hybridized carbons (Fsp3) is 0. The van der Waals surface area contributed by atoms with E-state index in [4.69, 9.17) is 11.6 Å². The molecule has 0 spiro atoms. The molecule has 4 nitrogen and oxygen atoms in total. The summed E-state index contributed by atoms with van der Waals surface area (Å²) >= 11 is 5.79. The highest BCUT2D eigenvalue weighted by Gasteiger charge is 2.10. The summed E-state index contributed by atoms with van der Waals surface area (Å²) < 4.78 is 0. The third-order valence-electron chi connectivity index (χ3n) is 2.88. The molecular formula is C14H9ClN2O2. The molecule has 0 amide bonds. The van der Waals surface area contributed by atoms with Crippen LogP contribution in [0.1, 0.15) is 15.9 Å². The van der Waals surface area contributed by atoms with Crippen molar-refractivity contribution in [3.05, 3.63) is 69.1 Å². The average molecular weight is 273 g/mol. The van der Waals surface area contributed by atoms with Crippen LogP contribution in [0.15, 0.2) is 47.3 Å². The van der Waals surface area contributed by atoms with Gasteiger partial charge in [0.05, 0.1) is 11.0 Å². The van der Waals surface area contributed by atoms with Crippen LogP contribution in [0.4, 0.5) is 0 Å². The van der Waals surface area contributed by atoms with E-state index >= 15 is 0 Å². The molecule has 0 unspecified atom stereocenters. The quantitative estimate of drug-likeness (QED) is 0.705. The maximum Gasteiger partial charge on any atom is 0.323 e. The number of nitrogens with one attached hydrogen (secondary N) is 2. The molecule has 0 aliphatic carbocycles. The van der Waals surface area contributed by atoms with E-state index in [0.29, 0.717) is 27.2 Å². The molecule has 5 heteroatoms. The summed E-state index contributed by atoms with van der Waals surface area (Å²) in [4.78, 5) is 28.7. The Hall–Kier alpha value is -2.33. The van der Waals surface area contributed by atoms with Gasteiger partial charge in [-0.1, -0.05) is 11.6 Å². The second-order valence-electron chi connectivity index (χ2n) is 4.18. The highest BCUT2D eigenvalue weighted by atomic mass is 35.5. The molecule has 1 heterocycles. The number of ketones is 1. The van der Waals surface area contributed by atoms with Crippen LogP contribution >= 0.6 is 11.6 Å². The summed E-state index contributed by atoms with van der Waals surface area (Å²) in [5.41, 5.74) is 2.08. The molecule has 0 aliphatic rings. The molecule has 2 N–H and O–H groups in total. The highest BCUT2D eigenvalue weighted by molar-refractivity contribution is 6.30. The summed E-state index contributed by atoms with van der Waals surface area (Å²) in [7, 11) is 0. The first kappa shape index (κ1) is 11.7. The maximum atomic E-state index is 12.3. The van der Waals surface area contributed by atoms with E-state index in [0.717, 1.165) is 0 Å². The minimum Gasteiger partial charge on any atom is -0.306 e. The largest absolute Gasteiger partial charge is 0.323 e. The number of hydrogen-bond acceptors (Lipinski definition) is 2. The first-order chi connectivity index (χ1) is 9.13. The Kier molecular flexibility index (Phi) is 2.72. The predicted molar refractivity (Wildman–Crippen MR) is 73.8 cm³/mol. The number of aromatic nitrogens is 2. The first-order valence-electron chi connectivity index (χ1n) is 5.66. The molecule has 94 valence electrons. The van der Waals surface area contributed by atoms with Crippen molar-refractivity contribution in [2.75, 3.05) is 0 Å². The van der Waals surface area contributed by atoms with Crippen LogP contribution in [-0.4, -0.2) is 15.8 Å². The van der Waals surface area contributed by atoms with Crippen LogP contribution in [0.3, 0.4) is 0 Å². The SMILES string of the molecule is O=C(c1ccc(Cl)cc1)c1ccc2[nH]c(=O)[nH]c2c1. The van der Waals surface area contributed by atoms with Gasteiger partial charge in [-0.2, -0.15) is 0 Å². The van der Waals surface area contributed by atoms with Crippen molar-refractivity contribution in [1.29, 1.82) is 0 Å². The van der Waals surface area contributed by atoms with E-state index in [9.17, 15) is 9.59 Å². The van der Waals surface area contributed by atoms with E-state index < -0.39 is 0 Å². The molecule has 3 rings (SSSR count). The topological polar surface area (TPSA) is 65.7 Å². The number of rotatable bonds is 2. The number of hydrogen-bond donors (Lipinski definition) is 2. The van der Waals surface area contributed by atoms with E-state index in [2.05, 4.69) is 9.97 Å². The summed E-state index contributed by atoms with van der Waals surface area (Å²) in [6.07, 6.45) is 0. The Balaban J connectivity index is 2.05. The molecule has 3 aromatic rings. The van der Waals surface area contributed by atoms with Gasteiger partial charge in [0.1, 0.15) is 0 Å². The summed E-state index contributed by atoms with van der Waals surface area (Å²) in [6.45, 7) is 0. The number of carbonyl (C=O) groups excluding carboxylic acids is 1. The van der Waals surface area contributed by atoms with Gasteiger partial charge in [0.15, 0.2) is 5.78 Å². The third kappa shape index (κ3) is 2.18. The molecule has 0 bridgehead atoms. The van der Waals surface area contributed by atoms with E-state index in [-0.39, 0.29) is 11.5 Å². The Labute approximate surface area is 113 Å². The number of H-pyrrole nitrogens is 2. The zero-order chi connectivity index (χ0) is 13.4. The number of imidazole rings is 1. The Bertz CT molecular complexity index is 815. The third-order valence-corrected chi connectivity index (χ3v) is 3.14. The van der Waals surface area contributed by atoms with Gasteiger partial charge in [-0.05, 0) is 42.5 Å². The highest BCUT2D eigenvalue weighted by Crippen LogP contribution is 2.16. The number of fused-ring (bicyclic) bond motifs is 1. The Morgan fingerprint density at radius 3 is 2.26 bits per heavy atom. The fourth-order valence-corrected chi connectivity index (χ4v) is 2.07. The minimum absolute atomic E-state index is 0.111. The van der Waals surface area contributed by atoms with Crippen LogP contribution in [0.2, 0.25) is 5.02 Å². The Morgan fingerprint density at radius 2 is 1.53 bits per heavy atom. The van der Waals surface area contributed by atoms with E-state index in [1.165, 1.54) is 0 Å². The van der Waals surface area contributed by atoms with Crippen molar-refractivity contribution in [1.82, 2.24) is 9.97 Å². The first-order valence-corrected chi connectivity index (χ1v) is 6.03. The zero-order valence-electron chi connectivity index (χ0n) is 9.74. The molecule has 0 saturated carbocycles. The second kappa shape index (κ2) is 4.40. The van der Waals surface area contributed by atoms with Gasteiger partial charge in [0, 0.05) is 16.1 Å². The van der Waals surface area contributed by atoms with Gasteiger partial charge in [-0.25, -0.2) is 4.79 Å². The second-order valence-corrected chi connectivity index (χ2v) is 4.61. The monoisotopic (exact) mass is 272 g/mol. The molecular weight excluding hydrogens is 264 g/mol. The molecule has 1 aromatic heterocycles. The summed E-state index contributed by atoms with van der Waals surface area (Å²) in [5.74, 6) is -0.111. The van der Waals surface area contributed by atoms with Crippen molar-refractivity contribution in [3.63, 3.8) is 0 Å². The van der Waals surface area contributed by atoms with Crippen LogP contribution in [0.5, 0.6) is 0 Å². The smallest absolute Gasteiger partial charge is 0.306 e. The lowest BCUT2D eigenvalue weighted by Gasteiger charge is -2.01.